The molecule has 1 heterocycles. The van der Waals surface area contributed by atoms with Gasteiger partial charge < -0.3 is 5.32 Å². The third-order valence-corrected chi connectivity index (χ3v) is 6.24. The largest absolute Gasteiger partial charge is 0.307 e. The van der Waals surface area contributed by atoms with Gasteiger partial charge in [-0.15, -0.1) is 0 Å². The molecule has 3 rings (SSSR count). The van der Waals surface area contributed by atoms with Crippen LogP contribution in [0.3, 0.4) is 0 Å². The van der Waals surface area contributed by atoms with Crippen molar-refractivity contribution in [3.8, 4) is 0 Å². The van der Waals surface area contributed by atoms with Crippen molar-refractivity contribution in [2.45, 2.75) is 24.7 Å². The van der Waals surface area contributed by atoms with Crippen molar-refractivity contribution in [2.24, 2.45) is 0 Å². The van der Waals surface area contributed by atoms with Crippen molar-refractivity contribution < 1.29 is 13.2 Å². The van der Waals surface area contributed by atoms with E-state index in [1.54, 1.807) is 25.3 Å². The number of anilines is 1. The number of carbonyl (C=O) groups is 1. The fraction of sp³-hybridized carbons (Fsp3) is 0.182. The number of hydrogen-bond donors (Lipinski definition) is 1. The van der Waals surface area contributed by atoms with E-state index in [0.29, 0.717) is 5.82 Å². The van der Waals surface area contributed by atoms with Crippen molar-refractivity contribution in [2.75, 3.05) is 11.1 Å². The monoisotopic (exact) mass is 394 g/mol. The summed E-state index contributed by atoms with van der Waals surface area (Å²) in [6, 6.07) is 20.1. The molecule has 1 amide bonds. The Bertz CT molecular complexity index is 1060. The molecule has 0 unspecified atom stereocenters. The van der Waals surface area contributed by atoms with Crippen LogP contribution in [0.25, 0.3) is 0 Å². The molecule has 0 aliphatic carbocycles. The van der Waals surface area contributed by atoms with E-state index in [2.05, 4.69) is 22.4 Å². The number of pyridine rings is 1. The number of hydrogen-bond acceptors (Lipinski definition) is 4. The van der Waals surface area contributed by atoms with Crippen molar-refractivity contribution >= 4 is 21.6 Å². The fourth-order valence-electron chi connectivity index (χ4n) is 2.90. The average molecular weight is 394 g/mol. The second-order valence-corrected chi connectivity index (χ2v) is 8.64. The normalized spacial score (nSPS) is 11.2. The van der Waals surface area contributed by atoms with Crippen molar-refractivity contribution in [3.05, 3.63) is 89.6 Å². The number of benzene rings is 2. The van der Waals surface area contributed by atoms with Crippen LogP contribution in [0.15, 0.2) is 77.8 Å². The lowest BCUT2D eigenvalue weighted by atomic mass is 10.1. The van der Waals surface area contributed by atoms with Gasteiger partial charge in [-0.1, -0.05) is 49.4 Å². The molecular formula is C22H22N2O3S. The summed E-state index contributed by atoms with van der Waals surface area (Å²) in [6.45, 7) is 1.56. The van der Waals surface area contributed by atoms with Crippen molar-refractivity contribution in [1.82, 2.24) is 4.98 Å². The highest BCUT2D eigenvalue weighted by Crippen LogP contribution is 2.19. The van der Waals surface area contributed by atoms with Gasteiger partial charge in [-0.2, -0.15) is 0 Å². The van der Waals surface area contributed by atoms with E-state index in [1.165, 1.54) is 17.7 Å². The summed E-state index contributed by atoms with van der Waals surface area (Å²) in [7, 11) is -3.49. The number of sulfone groups is 1. The number of amides is 1. The van der Waals surface area contributed by atoms with Gasteiger partial charge in [0.25, 0.3) is 5.91 Å². The molecule has 0 aliphatic rings. The van der Waals surface area contributed by atoms with Crippen molar-refractivity contribution in [1.29, 1.82) is 0 Å². The minimum Gasteiger partial charge on any atom is -0.307 e. The van der Waals surface area contributed by atoms with Crippen LogP contribution >= 0.6 is 0 Å². The van der Waals surface area contributed by atoms with Crippen LogP contribution in [0.1, 0.15) is 28.4 Å². The lowest BCUT2D eigenvalue weighted by Gasteiger charge is -2.10. The van der Waals surface area contributed by atoms with Crippen LogP contribution in [0, 0.1) is 0 Å². The highest BCUT2D eigenvalue weighted by molar-refractivity contribution is 7.91. The van der Waals surface area contributed by atoms with Crippen LogP contribution in [0.4, 0.5) is 5.82 Å². The first-order chi connectivity index (χ1) is 13.5. The van der Waals surface area contributed by atoms with Gasteiger partial charge in [0.15, 0.2) is 9.84 Å². The summed E-state index contributed by atoms with van der Waals surface area (Å²) in [5.74, 6) is -0.149. The van der Waals surface area contributed by atoms with Gasteiger partial charge in [-0.05, 0) is 48.2 Å². The van der Waals surface area contributed by atoms with Crippen LogP contribution in [0.2, 0.25) is 0 Å². The molecule has 1 aromatic heterocycles. The first kappa shape index (κ1) is 19.8. The zero-order valence-electron chi connectivity index (χ0n) is 15.6. The second kappa shape index (κ2) is 8.80. The van der Waals surface area contributed by atoms with Crippen LogP contribution in [-0.4, -0.2) is 25.1 Å². The maximum absolute atomic E-state index is 12.7. The lowest BCUT2D eigenvalue weighted by Crippen LogP contribution is -2.18. The van der Waals surface area contributed by atoms with Crippen molar-refractivity contribution in [3.63, 3.8) is 0 Å². The molecule has 0 aliphatic heterocycles. The third-order valence-electron chi connectivity index (χ3n) is 4.46. The summed E-state index contributed by atoms with van der Waals surface area (Å²) < 4.78 is 24.5. The zero-order valence-corrected chi connectivity index (χ0v) is 16.4. The van der Waals surface area contributed by atoms with E-state index in [-0.39, 0.29) is 16.2 Å². The smallest absolute Gasteiger partial charge is 0.258 e. The van der Waals surface area contributed by atoms with E-state index in [1.807, 2.05) is 30.3 Å². The van der Waals surface area contributed by atoms with Gasteiger partial charge in [0.1, 0.15) is 5.82 Å². The third kappa shape index (κ3) is 4.84. The molecule has 0 spiro atoms. The molecule has 3 aromatic rings. The Morgan fingerprint density at radius 3 is 2.36 bits per heavy atom. The minimum absolute atomic E-state index is 0.0373. The molecule has 0 saturated carbocycles. The number of aryl methyl sites for hydroxylation is 2. The lowest BCUT2D eigenvalue weighted by molar-refractivity contribution is 0.102. The van der Waals surface area contributed by atoms with Gasteiger partial charge >= 0.3 is 0 Å². The summed E-state index contributed by atoms with van der Waals surface area (Å²) in [4.78, 5) is 16.9. The molecule has 0 atom stereocenters. The second-order valence-electron chi connectivity index (χ2n) is 6.39. The number of aromatic nitrogens is 1. The van der Waals surface area contributed by atoms with Gasteiger partial charge in [0, 0.05) is 6.20 Å². The molecule has 0 radical (unpaired) electrons. The quantitative estimate of drug-likeness (QED) is 0.659. The Labute approximate surface area is 165 Å². The van der Waals surface area contributed by atoms with E-state index in [4.69, 9.17) is 0 Å². The zero-order chi connectivity index (χ0) is 20.0. The van der Waals surface area contributed by atoms with Gasteiger partial charge in [-0.25, -0.2) is 13.4 Å². The molecule has 144 valence electrons. The first-order valence-electron chi connectivity index (χ1n) is 9.11. The topological polar surface area (TPSA) is 76.1 Å². The average Bonchev–Trinajstić information content (AvgIpc) is 2.73. The number of nitrogens with one attached hydrogen (secondary N) is 1. The maximum Gasteiger partial charge on any atom is 0.258 e. The summed E-state index contributed by atoms with van der Waals surface area (Å²) in [5.41, 5.74) is 2.41. The summed E-state index contributed by atoms with van der Waals surface area (Å²) in [6.07, 6.45) is 3.34. The molecule has 6 heteroatoms. The molecule has 1 N–H and O–H groups in total. The van der Waals surface area contributed by atoms with Gasteiger partial charge in [-0.3, -0.25) is 4.79 Å². The Morgan fingerprint density at radius 2 is 1.61 bits per heavy atom. The number of carbonyl (C=O) groups excluding carboxylic acids is 1. The van der Waals surface area contributed by atoms with Crippen LogP contribution < -0.4 is 5.32 Å². The van der Waals surface area contributed by atoms with Gasteiger partial charge in [0.2, 0.25) is 0 Å². The van der Waals surface area contributed by atoms with Crippen LogP contribution in [-0.2, 0) is 22.7 Å². The van der Waals surface area contributed by atoms with E-state index in [0.717, 1.165) is 18.4 Å². The fourth-order valence-corrected chi connectivity index (χ4v) is 3.99. The van der Waals surface area contributed by atoms with Crippen LogP contribution in [0.5, 0.6) is 0 Å². The molecule has 5 nitrogen and oxygen atoms in total. The highest BCUT2D eigenvalue weighted by Gasteiger charge is 2.20. The van der Waals surface area contributed by atoms with E-state index >= 15 is 0 Å². The standard InChI is InChI=1S/C22H22N2O3S/c1-2-28(26,27)20-11-7-6-10-19(20)22(25)24-21-16-18(14-15-23-21)13-12-17-8-4-3-5-9-17/h3-11,14-16H,2,12-13H2,1H3,(H,23,24,25). The first-order valence-corrected chi connectivity index (χ1v) is 10.8. The van der Waals surface area contributed by atoms with E-state index < -0.39 is 15.7 Å². The maximum atomic E-state index is 12.7. The minimum atomic E-state index is -3.49. The molecule has 0 fully saturated rings. The highest BCUT2D eigenvalue weighted by atomic mass is 32.2. The summed E-state index contributed by atoms with van der Waals surface area (Å²) >= 11 is 0. The Hall–Kier alpha value is -2.99. The predicted octanol–water partition coefficient (Wildman–Crippen LogP) is 3.91. The van der Waals surface area contributed by atoms with Gasteiger partial charge in [0.05, 0.1) is 16.2 Å². The number of rotatable bonds is 7. The molecule has 0 saturated heterocycles. The summed E-state index contributed by atoms with van der Waals surface area (Å²) in [5, 5.41) is 2.72. The Kier molecular flexibility index (Phi) is 6.21. The number of nitrogens with zero attached hydrogens (tertiary/aromatic N) is 1. The Morgan fingerprint density at radius 1 is 0.929 bits per heavy atom. The predicted molar refractivity (Wildman–Crippen MR) is 110 cm³/mol. The molecular weight excluding hydrogens is 372 g/mol. The SMILES string of the molecule is CCS(=O)(=O)c1ccccc1C(=O)Nc1cc(CCc2ccccc2)ccn1. The molecule has 0 bridgehead atoms. The van der Waals surface area contributed by atoms with E-state index in [9.17, 15) is 13.2 Å². The Balaban J connectivity index is 1.75. The molecule has 28 heavy (non-hydrogen) atoms. The molecule has 2 aromatic carbocycles.